The SMILES string of the molecule is COCc1nnc(NC(=O)CCn2ccc3cc(OC)ccc32)s1. The summed E-state index contributed by atoms with van der Waals surface area (Å²) in [5.74, 6) is 0.728. The zero-order valence-electron chi connectivity index (χ0n) is 13.5. The minimum absolute atomic E-state index is 0.0921. The van der Waals surface area contributed by atoms with Gasteiger partial charge >= 0.3 is 0 Å². The van der Waals surface area contributed by atoms with Crippen molar-refractivity contribution in [2.75, 3.05) is 19.5 Å². The van der Waals surface area contributed by atoms with Crippen LogP contribution >= 0.6 is 11.3 Å². The third-order valence-electron chi connectivity index (χ3n) is 3.54. The summed E-state index contributed by atoms with van der Waals surface area (Å²) in [6.07, 6.45) is 2.33. The van der Waals surface area contributed by atoms with Crippen molar-refractivity contribution >= 4 is 33.3 Å². The van der Waals surface area contributed by atoms with Crippen molar-refractivity contribution in [1.29, 1.82) is 0 Å². The van der Waals surface area contributed by atoms with Crippen LogP contribution in [0.15, 0.2) is 30.5 Å². The summed E-state index contributed by atoms with van der Waals surface area (Å²) in [7, 11) is 3.24. The van der Waals surface area contributed by atoms with Gasteiger partial charge in [0.2, 0.25) is 11.0 Å². The highest BCUT2D eigenvalue weighted by Crippen LogP contribution is 2.22. The second-order valence-corrected chi connectivity index (χ2v) is 6.23. The van der Waals surface area contributed by atoms with Crippen molar-refractivity contribution in [3.05, 3.63) is 35.5 Å². The van der Waals surface area contributed by atoms with E-state index in [4.69, 9.17) is 9.47 Å². The van der Waals surface area contributed by atoms with Gasteiger partial charge in [-0.25, -0.2) is 0 Å². The minimum Gasteiger partial charge on any atom is -0.497 e. The number of hydrogen-bond donors (Lipinski definition) is 1. The number of ether oxygens (including phenoxy) is 2. The van der Waals surface area contributed by atoms with Gasteiger partial charge < -0.3 is 19.4 Å². The van der Waals surface area contributed by atoms with E-state index in [1.807, 2.05) is 35.0 Å². The molecule has 7 nitrogen and oxygen atoms in total. The van der Waals surface area contributed by atoms with Gasteiger partial charge in [0, 0.05) is 37.2 Å². The lowest BCUT2D eigenvalue weighted by Gasteiger charge is -2.06. The number of fused-ring (bicyclic) bond motifs is 1. The van der Waals surface area contributed by atoms with Crippen LogP contribution in [0.4, 0.5) is 5.13 Å². The minimum atomic E-state index is -0.0921. The maximum absolute atomic E-state index is 12.1. The van der Waals surface area contributed by atoms with Crippen LogP contribution in [-0.4, -0.2) is 34.9 Å². The number of aromatic nitrogens is 3. The topological polar surface area (TPSA) is 78.3 Å². The first kappa shape index (κ1) is 16.4. The fraction of sp³-hybridized carbons (Fsp3) is 0.312. The first-order valence-electron chi connectivity index (χ1n) is 7.43. The van der Waals surface area contributed by atoms with Crippen LogP contribution in [0.5, 0.6) is 5.75 Å². The molecule has 2 aromatic heterocycles. The molecule has 3 rings (SSSR count). The Balaban J connectivity index is 1.59. The first-order valence-corrected chi connectivity index (χ1v) is 8.25. The number of carbonyl (C=O) groups is 1. The summed E-state index contributed by atoms with van der Waals surface area (Å²) >= 11 is 1.32. The third-order valence-corrected chi connectivity index (χ3v) is 4.35. The van der Waals surface area contributed by atoms with Gasteiger partial charge in [0.15, 0.2) is 0 Å². The highest BCUT2D eigenvalue weighted by Gasteiger charge is 2.09. The van der Waals surface area contributed by atoms with Crippen molar-refractivity contribution in [2.45, 2.75) is 19.6 Å². The molecular weight excluding hydrogens is 328 g/mol. The number of nitrogens with one attached hydrogen (secondary N) is 1. The maximum Gasteiger partial charge on any atom is 0.227 e. The fourth-order valence-corrected chi connectivity index (χ4v) is 3.12. The quantitative estimate of drug-likeness (QED) is 0.711. The second-order valence-electron chi connectivity index (χ2n) is 5.17. The van der Waals surface area contributed by atoms with Crippen molar-refractivity contribution in [2.24, 2.45) is 0 Å². The summed E-state index contributed by atoms with van der Waals surface area (Å²) in [6, 6.07) is 7.90. The predicted octanol–water partition coefficient (Wildman–Crippen LogP) is 2.68. The van der Waals surface area contributed by atoms with Gasteiger partial charge in [-0.2, -0.15) is 0 Å². The van der Waals surface area contributed by atoms with Crippen LogP contribution in [0.1, 0.15) is 11.4 Å². The molecule has 126 valence electrons. The van der Waals surface area contributed by atoms with Crippen LogP contribution in [-0.2, 0) is 22.7 Å². The standard InChI is InChI=1S/C16H18N4O3S/c1-22-10-15-18-19-16(24-15)17-14(21)6-8-20-7-5-11-9-12(23-2)3-4-13(11)20/h3-5,7,9H,6,8,10H2,1-2H3,(H,17,19,21). The van der Waals surface area contributed by atoms with E-state index in [2.05, 4.69) is 15.5 Å². The lowest BCUT2D eigenvalue weighted by atomic mass is 10.2. The Hall–Kier alpha value is -2.45. The highest BCUT2D eigenvalue weighted by molar-refractivity contribution is 7.15. The van der Waals surface area contributed by atoms with Crippen molar-refractivity contribution < 1.29 is 14.3 Å². The van der Waals surface area contributed by atoms with E-state index in [1.54, 1.807) is 14.2 Å². The van der Waals surface area contributed by atoms with Gasteiger partial charge in [0.05, 0.1) is 7.11 Å². The molecule has 0 unspecified atom stereocenters. The predicted molar refractivity (Wildman–Crippen MR) is 92.4 cm³/mol. The van der Waals surface area contributed by atoms with Gasteiger partial charge in [0.1, 0.15) is 17.4 Å². The van der Waals surface area contributed by atoms with Crippen LogP contribution in [0.2, 0.25) is 0 Å². The molecule has 0 saturated carbocycles. The number of benzene rings is 1. The number of amides is 1. The van der Waals surface area contributed by atoms with E-state index in [0.29, 0.717) is 24.7 Å². The molecule has 1 aromatic carbocycles. The number of aryl methyl sites for hydroxylation is 1. The molecule has 0 aliphatic carbocycles. The highest BCUT2D eigenvalue weighted by atomic mass is 32.1. The van der Waals surface area contributed by atoms with Gasteiger partial charge in [-0.05, 0) is 24.3 Å². The van der Waals surface area contributed by atoms with E-state index >= 15 is 0 Å². The Bertz CT molecular complexity index is 843. The molecular formula is C16H18N4O3S. The van der Waals surface area contributed by atoms with Gasteiger partial charge in [-0.1, -0.05) is 11.3 Å². The normalized spacial score (nSPS) is 10.9. The number of methoxy groups -OCH3 is 2. The molecule has 24 heavy (non-hydrogen) atoms. The summed E-state index contributed by atoms with van der Waals surface area (Å²) in [6.45, 7) is 0.984. The van der Waals surface area contributed by atoms with Crippen LogP contribution in [0, 0.1) is 0 Å². The molecule has 0 atom stereocenters. The summed E-state index contributed by atoms with van der Waals surface area (Å²) < 4.78 is 12.3. The maximum atomic E-state index is 12.1. The van der Waals surface area contributed by atoms with Crippen LogP contribution < -0.4 is 10.1 Å². The largest absolute Gasteiger partial charge is 0.497 e. The molecule has 1 amide bonds. The third kappa shape index (κ3) is 3.72. The first-order chi connectivity index (χ1) is 11.7. The molecule has 0 spiro atoms. The molecule has 2 heterocycles. The number of anilines is 1. The monoisotopic (exact) mass is 346 g/mol. The molecule has 0 aliphatic rings. The lowest BCUT2D eigenvalue weighted by Crippen LogP contribution is -2.14. The number of rotatable bonds is 7. The summed E-state index contributed by atoms with van der Waals surface area (Å²) in [5.41, 5.74) is 1.07. The van der Waals surface area contributed by atoms with E-state index in [0.717, 1.165) is 21.7 Å². The zero-order chi connectivity index (χ0) is 16.9. The molecule has 0 saturated heterocycles. The molecule has 3 aromatic rings. The molecule has 0 aliphatic heterocycles. The molecule has 0 bridgehead atoms. The Morgan fingerprint density at radius 1 is 1.29 bits per heavy atom. The van der Waals surface area contributed by atoms with Gasteiger partial charge in [-0.15, -0.1) is 10.2 Å². The summed E-state index contributed by atoms with van der Waals surface area (Å²) in [5, 5.41) is 12.9. The molecule has 0 radical (unpaired) electrons. The van der Waals surface area contributed by atoms with Crippen LogP contribution in [0.25, 0.3) is 10.9 Å². The molecule has 8 heteroatoms. The number of carbonyl (C=O) groups excluding carboxylic acids is 1. The molecule has 0 fully saturated rings. The lowest BCUT2D eigenvalue weighted by molar-refractivity contribution is -0.116. The van der Waals surface area contributed by atoms with Crippen molar-refractivity contribution in [3.63, 3.8) is 0 Å². The Morgan fingerprint density at radius 3 is 2.96 bits per heavy atom. The Kier molecular flexibility index (Phi) is 5.07. The fourth-order valence-electron chi connectivity index (χ4n) is 2.39. The van der Waals surface area contributed by atoms with Crippen molar-refractivity contribution in [3.8, 4) is 5.75 Å². The van der Waals surface area contributed by atoms with E-state index in [1.165, 1.54) is 11.3 Å². The summed E-state index contributed by atoms with van der Waals surface area (Å²) in [4.78, 5) is 12.1. The average molecular weight is 346 g/mol. The zero-order valence-corrected chi connectivity index (χ0v) is 14.3. The average Bonchev–Trinajstić information content (AvgIpc) is 3.19. The van der Waals surface area contributed by atoms with E-state index < -0.39 is 0 Å². The smallest absolute Gasteiger partial charge is 0.227 e. The van der Waals surface area contributed by atoms with Gasteiger partial charge in [0.25, 0.3) is 0 Å². The van der Waals surface area contributed by atoms with E-state index in [-0.39, 0.29) is 5.91 Å². The molecule has 1 N–H and O–H groups in total. The van der Waals surface area contributed by atoms with Gasteiger partial charge in [-0.3, -0.25) is 4.79 Å². The number of nitrogens with zero attached hydrogens (tertiary/aromatic N) is 3. The second kappa shape index (κ2) is 7.41. The Labute approximate surface area is 143 Å². The van der Waals surface area contributed by atoms with Crippen LogP contribution in [0.3, 0.4) is 0 Å². The Morgan fingerprint density at radius 2 is 2.17 bits per heavy atom. The van der Waals surface area contributed by atoms with E-state index in [9.17, 15) is 4.79 Å². The number of hydrogen-bond acceptors (Lipinski definition) is 6. The van der Waals surface area contributed by atoms with Crippen molar-refractivity contribution in [1.82, 2.24) is 14.8 Å².